The highest BCUT2D eigenvalue weighted by Gasteiger charge is 2.67. The molecule has 1 aromatic carbocycles. The molecule has 1 amide bonds. The summed E-state index contributed by atoms with van der Waals surface area (Å²) in [6.45, 7) is -1.10. The van der Waals surface area contributed by atoms with Gasteiger partial charge in [0, 0.05) is 24.0 Å². The van der Waals surface area contributed by atoms with Gasteiger partial charge in [0.25, 0.3) is 17.9 Å². The lowest BCUT2D eigenvalue weighted by molar-refractivity contribution is -0.123. The molecule has 0 unspecified atom stereocenters. The first kappa shape index (κ1) is 30.4. The van der Waals surface area contributed by atoms with E-state index in [-0.39, 0.29) is 23.6 Å². The molecule has 0 aliphatic heterocycles. The minimum absolute atomic E-state index is 0.0502. The third kappa shape index (κ3) is 5.78. The van der Waals surface area contributed by atoms with Crippen LogP contribution in [0.2, 0.25) is 0 Å². The summed E-state index contributed by atoms with van der Waals surface area (Å²) in [6, 6.07) is 0.538. The second-order valence-corrected chi connectivity index (χ2v) is 11.3. The average Bonchev–Trinajstić information content (AvgIpc) is 3.50. The van der Waals surface area contributed by atoms with Gasteiger partial charge in [-0.05, 0) is 30.0 Å². The first-order valence-electron chi connectivity index (χ1n) is 12.0. The molecule has 1 saturated carbocycles. The number of nitrogens with zero attached hydrogens (tertiary/aromatic N) is 3. The number of hydrogen-bond acceptors (Lipinski definition) is 7. The van der Waals surface area contributed by atoms with E-state index in [0.29, 0.717) is 10.7 Å². The molecule has 2 aliphatic rings. The van der Waals surface area contributed by atoms with Gasteiger partial charge in [0.15, 0.2) is 0 Å². The van der Waals surface area contributed by atoms with Crippen LogP contribution in [0, 0.1) is 17.6 Å². The van der Waals surface area contributed by atoms with Crippen molar-refractivity contribution in [3.8, 4) is 5.88 Å². The predicted octanol–water partition coefficient (Wildman–Crippen LogP) is 3.72. The monoisotopic (exact) mass is 645 g/mol. The minimum atomic E-state index is -6.31. The van der Waals surface area contributed by atoms with Crippen LogP contribution in [0.5, 0.6) is 5.88 Å². The van der Waals surface area contributed by atoms with Gasteiger partial charge >= 0.3 is 15.6 Å². The molecule has 43 heavy (non-hydrogen) atoms. The topological polar surface area (TPSA) is 136 Å². The molecule has 2 aromatic heterocycles. The molecule has 0 bridgehead atoms. The number of hydrogen-bond donors (Lipinski definition) is 2. The van der Waals surface area contributed by atoms with Crippen LogP contribution in [0.3, 0.4) is 0 Å². The Labute approximate surface area is 234 Å². The van der Waals surface area contributed by atoms with Crippen molar-refractivity contribution in [3.05, 3.63) is 74.6 Å². The Bertz CT molecular complexity index is 1750. The predicted molar refractivity (Wildman–Crippen MR) is 123 cm³/mol. The average molecular weight is 645 g/mol. The SMILES string of the molecule is O=C(Cn1nc(C(F)F)c2c1C(F)(F)[C@@H]1C[C@H]21)N[C@@H](Cc1cc(F)cc(F)c1)c1nc(OS(=O)(=O)C(F)(F)F)cc(=O)[nH]1. The molecule has 5 rings (SSSR count). The van der Waals surface area contributed by atoms with Gasteiger partial charge in [0.05, 0.1) is 12.1 Å². The molecule has 0 spiro atoms. The van der Waals surface area contributed by atoms with Gasteiger partial charge in [-0.3, -0.25) is 14.3 Å². The third-order valence-corrected chi connectivity index (χ3v) is 7.66. The van der Waals surface area contributed by atoms with Crippen molar-refractivity contribution in [3.63, 3.8) is 0 Å². The second-order valence-electron chi connectivity index (χ2n) is 9.73. The number of nitrogens with one attached hydrogen (secondary N) is 2. The lowest BCUT2D eigenvalue weighted by Gasteiger charge is -2.20. The van der Waals surface area contributed by atoms with E-state index in [4.69, 9.17) is 0 Å². The number of aromatic amines is 1. The molecule has 3 aromatic rings. The van der Waals surface area contributed by atoms with E-state index < -0.39 is 105 Å². The van der Waals surface area contributed by atoms with E-state index in [0.717, 1.165) is 12.1 Å². The van der Waals surface area contributed by atoms with E-state index in [1.54, 1.807) is 0 Å². The lowest BCUT2D eigenvalue weighted by atomic mass is 10.0. The van der Waals surface area contributed by atoms with Gasteiger partial charge in [-0.25, -0.2) is 17.6 Å². The Morgan fingerprint density at radius 2 is 1.81 bits per heavy atom. The zero-order valence-corrected chi connectivity index (χ0v) is 21.7. The number of rotatable bonds is 9. The summed E-state index contributed by atoms with van der Waals surface area (Å²) in [7, 11) is -6.31. The standard InChI is InChI=1S/C23H16F9N5O5S/c24-9-1-8(2-10(25)4-9)3-13(21-34-14(38)6-16(35-21)42-43(40,41)23(30,31)32)33-15(39)7-37-19-17(18(36-37)20(26)27)11-5-12(11)22(19,28)29/h1-2,4,6,11-13,20H,3,5,7H2,(H,33,39)(H,34,35,38)/t11-,12+,13-/m0/s1. The number of H-pyrrole nitrogens is 1. The highest BCUT2D eigenvalue weighted by molar-refractivity contribution is 7.87. The number of carbonyl (C=O) groups is 1. The van der Waals surface area contributed by atoms with Crippen LogP contribution in [-0.2, 0) is 33.8 Å². The molecular weight excluding hydrogens is 629 g/mol. The molecular formula is C23H16F9N5O5S. The van der Waals surface area contributed by atoms with Gasteiger partial charge in [-0.1, -0.05) is 0 Å². The molecule has 3 atom stereocenters. The Morgan fingerprint density at radius 3 is 2.42 bits per heavy atom. The largest absolute Gasteiger partial charge is 0.534 e. The molecule has 2 heterocycles. The first-order valence-corrected chi connectivity index (χ1v) is 13.4. The van der Waals surface area contributed by atoms with Crippen LogP contribution < -0.4 is 15.1 Å². The van der Waals surface area contributed by atoms with E-state index in [1.165, 1.54) is 0 Å². The number of fused-ring (bicyclic) bond motifs is 3. The van der Waals surface area contributed by atoms with E-state index in [1.807, 2.05) is 4.98 Å². The van der Waals surface area contributed by atoms with Crippen molar-refractivity contribution in [1.82, 2.24) is 25.1 Å². The van der Waals surface area contributed by atoms with E-state index in [2.05, 4.69) is 19.6 Å². The fourth-order valence-electron chi connectivity index (χ4n) is 4.95. The summed E-state index contributed by atoms with van der Waals surface area (Å²) in [5, 5.41) is 5.64. The summed E-state index contributed by atoms with van der Waals surface area (Å²) in [4.78, 5) is 30.6. The molecule has 0 saturated heterocycles. The normalized spacial score (nSPS) is 19.6. The Kier molecular flexibility index (Phi) is 7.25. The van der Waals surface area contributed by atoms with Gasteiger partial charge in [0.1, 0.15) is 35.4 Å². The van der Waals surface area contributed by atoms with Crippen LogP contribution in [0.1, 0.15) is 53.1 Å². The summed E-state index contributed by atoms with van der Waals surface area (Å²) >= 11 is 0. The zero-order valence-electron chi connectivity index (χ0n) is 20.9. The van der Waals surface area contributed by atoms with Crippen molar-refractivity contribution >= 4 is 16.0 Å². The number of alkyl halides is 7. The molecule has 2 aliphatic carbocycles. The van der Waals surface area contributed by atoms with Gasteiger partial charge < -0.3 is 14.5 Å². The van der Waals surface area contributed by atoms with Crippen molar-refractivity contribution in [2.75, 3.05) is 0 Å². The van der Waals surface area contributed by atoms with Crippen molar-refractivity contribution < 1.29 is 56.9 Å². The van der Waals surface area contributed by atoms with Crippen molar-refractivity contribution in [2.45, 2.75) is 49.2 Å². The fraction of sp³-hybridized carbons (Fsp3) is 0.391. The maximum absolute atomic E-state index is 14.9. The fourth-order valence-corrected chi connectivity index (χ4v) is 5.36. The van der Waals surface area contributed by atoms with Crippen LogP contribution in [-0.4, -0.2) is 39.6 Å². The maximum atomic E-state index is 14.9. The number of benzene rings is 1. The zero-order chi connectivity index (χ0) is 31.6. The lowest BCUT2D eigenvalue weighted by Crippen LogP contribution is -2.36. The molecule has 10 nitrogen and oxygen atoms in total. The first-order chi connectivity index (χ1) is 19.9. The molecule has 1 fully saturated rings. The van der Waals surface area contributed by atoms with E-state index in [9.17, 15) is 57.5 Å². The second kappa shape index (κ2) is 10.3. The molecule has 2 N–H and O–H groups in total. The van der Waals surface area contributed by atoms with Crippen molar-refractivity contribution in [2.24, 2.45) is 5.92 Å². The molecule has 20 heteroatoms. The summed E-state index contributed by atoms with van der Waals surface area (Å²) in [6.07, 6.45) is -3.95. The third-order valence-electron chi connectivity index (χ3n) is 6.70. The molecule has 0 radical (unpaired) electrons. The summed E-state index contributed by atoms with van der Waals surface area (Å²) in [5.41, 5.74) is -9.61. The Hall–Kier alpha value is -4.10. The van der Waals surface area contributed by atoms with Gasteiger partial charge in [-0.2, -0.15) is 40.5 Å². The van der Waals surface area contributed by atoms with E-state index >= 15 is 0 Å². The van der Waals surface area contributed by atoms with Crippen LogP contribution in [0.15, 0.2) is 29.1 Å². The Morgan fingerprint density at radius 1 is 1.16 bits per heavy atom. The summed E-state index contributed by atoms with van der Waals surface area (Å²) < 4.78 is 150. The summed E-state index contributed by atoms with van der Waals surface area (Å²) in [5.74, 6) is -11.3. The molecule has 232 valence electrons. The Balaban J connectivity index is 1.48. The number of aromatic nitrogens is 4. The number of halogens is 9. The van der Waals surface area contributed by atoms with Crippen LogP contribution in [0.4, 0.5) is 39.5 Å². The minimum Gasteiger partial charge on any atom is -0.355 e. The number of amides is 1. The number of carbonyl (C=O) groups excluding carboxylic acids is 1. The smallest absolute Gasteiger partial charge is 0.355 e. The maximum Gasteiger partial charge on any atom is 0.534 e. The van der Waals surface area contributed by atoms with Gasteiger partial charge in [0.2, 0.25) is 11.8 Å². The van der Waals surface area contributed by atoms with Crippen LogP contribution in [0.25, 0.3) is 0 Å². The van der Waals surface area contributed by atoms with Crippen LogP contribution >= 0.6 is 0 Å². The quantitative estimate of drug-likeness (QED) is 0.206. The van der Waals surface area contributed by atoms with Gasteiger partial charge in [-0.15, -0.1) is 0 Å². The van der Waals surface area contributed by atoms with Crippen molar-refractivity contribution in [1.29, 1.82) is 0 Å². The highest BCUT2D eigenvalue weighted by Crippen LogP contribution is 2.68. The highest BCUT2D eigenvalue weighted by atomic mass is 32.2.